The monoisotopic (exact) mass is 304 g/mol. The third kappa shape index (κ3) is 3.53. The van der Waals surface area contributed by atoms with E-state index in [1.165, 1.54) is 19.3 Å². The number of amides is 1. The molecule has 0 radical (unpaired) electrons. The van der Waals surface area contributed by atoms with E-state index in [1.54, 1.807) is 0 Å². The van der Waals surface area contributed by atoms with Crippen molar-refractivity contribution >= 4 is 11.6 Å². The van der Waals surface area contributed by atoms with Crippen molar-refractivity contribution in [1.82, 2.24) is 4.90 Å². The quantitative estimate of drug-likeness (QED) is 0.929. The molecule has 22 heavy (non-hydrogen) atoms. The molecule has 2 aliphatic heterocycles. The summed E-state index contributed by atoms with van der Waals surface area (Å²) in [5.41, 5.74) is 0.763. The number of nitrogens with zero attached hydrogens (tertiary/aromatic N) is 1. The van der Waals surface area contributed by atoms with Crippen LogP contribution in [-0.2, 0) is 4.79 Å². The molecule has 3 rings (SSSR count). The molecule has 1 amide bonds. The highest BCUT2D eigenvalue weighted by atomic mass is 16.6. The molecule has 1 atom stereocenters. The molecule has 2 aliphatic rings. The van der Waals surface area contributed by atoms with Crippen molar-refractivity contribution in [3.8, 4) is 11.5 Å². The van der Waals surface area contributed by atoms with E-state index in [9.17, 15) is 4.79 Å². The molecule has 120 valence electrons. The lowest BCUT2D eigenvalue weighted by Crippen LogP contribution is -2.43. The number of fused-ring (bicyclic) bond motifs is 1. The molecule has 0 aliphatic carbocycles. The molecule has 0 bridgehead atoms. The third-order valence-electron chi connectivity index (χ3n) is 4.39. The fraction of sp³-hybridized carbons (Fsp3) is 0.588. The zero-order valence-electron chi connectivity index (χ0n) is 13.1. The second-order valence-corrected chi connectivity index (χ2v) is 5.93. The molecule has 5 nitrogen and oxygen atoms in total. The van der Waals surface area contributed by atoms with E-state index in [1.807, 2.05) is 18.2 Å². The van der Waals surface area contributed by atoms with E-state index < -0.39 is 0 Å². The van der Waals surface area contributed by atoms with Crippen LogP contribution in [0, 0.1) is 0 Å². The summed E-state index contributed by atoms with van der Waals surface area (Å²) in [5, 5.41) is 2.97. The summed E-state index contributed by atoms with van der Waals surface area (Å²) in [7, 11) is 0. The van der Waals surface area contributed by atoms with Gasteiger partial charge in [0.1, 0.15) is 13.2 Å². The van der Waals surface area contributed by atoms with Crippen LogP contribution in [-0.4, -0.2) is 43.2 Å². The molecule has 0 aromatic heterocycles. The van der Waals surface area contributed by atoms with Gasteiger partial charge in [-0.25, -0.2) is 0 Å². The Hall–Kier alpha value is -1.75. The number of anilines is 1. The number of carbonyl (C=O) groups is 1. The van der Waals surface area contributed by atoms with Crippen molar-refractivity contribution in [3.05, 3.63) is 18.2 Å². The highest BCUT2D eigenvalue weighted by Gasteiger charge is 2.23. The van der Waals surface area contributed by atoms with Crippen molar-refractivity contribution in [2.45, 2.75) is 38.6 Å². The molecule has 5 heteroatoms. The van der Waals surface area contributed by atoms with Gasteiger partial charge in [-0.1, -0.05) is 13.3 Å². The van der Waals surface area contributed by atoms with Gasteiger partial charge < -0.3 is 14.8 Å². The minimum atomic E-state index is 0.0389. The van der Waals surface area contributed by atoms with E-state index in [4.69, 9.17) is 9.47 Å². The SMILES string of the molecule is CC[C@H]1CCCCN1CC(=O)Nc1ccc2c(c1)OCCO2. The van der Waals surface area contributed by atoms with Crippen LogP contribution in [0.5, 0.6) is 11.5 Å². The number of rotatable bonds is 4. The topological polar surface area (TPSA) is 50.8 Å². The number of benzene rings is 1. The second-order valence-electron chi connectivity index (χ2n) is 5.93. The van der Waals surface area contributed by atoms with E-state index in [-0.39, 0.29) is 5.91 Å². The number of carbonyl (C=O) groups excluding carboxylic acids is 1. The molecule has 1 saturated heterocycles. The number of nitrogens with one attached hydrogen (secondary N) is 1. The van der Waals surface area contributed by atoms with E-state index >= 15 is 0 Å². The molecule has 1 N–H and O–H groups in total. The first-order valence-corrected chi connectivity index (χ1v) is 8.20. The number of hydrogen-bond acceptors (Lipinski definition) is 4. The van der Waals surface area contributed by atoms with Gasteiger partial charge in [0, 0.05) is 17.8 Å². The van der Waals surface area contributed by atoms with E-state index in [0.717, 1.165) is 24.4 Å². The normalized spacial score (nSPS) is 21.4. The predicted molar refractivity (Wildman–Crippen MR) is 85.6 cm³/mol. The Bertz CT molecular complexity index is 533. The van der Waals surface area contributed by atoms with Crippen molar-refractivity contribution in [3.63, 3.8) is 0 Å². The van der Waals surface area contributed by atoms with Crippen LogP contribution in [0.1, 0.15) is 32.6 Å². The summed E-state index contributed by atoms with van der Waals surface area (Å²) >= 11 is 0. The van der Waals surface area contributed by atoms with Gasteiger partial charge in [0.25, 0.3) is 0 Å². The Morgan fingerprint density at radius 1 is 1.27 bits per heavy atom. The third-order valence-corrected chi connectivity index (χ3v) is 4.39. The largest absolute Gasteiger partial charge is 0.486 e. The average Bonchev–Trinajstić information content (AvgIpc) is 2.55. The van der Waals surface area contributed by atoms with Crippen molar-refractivity contribution in [2.24, 2.45) is 0 Å². The molecule has 0 spiro atoms. The van der Waals surface area contributed by atoms with Crippen LogP contribution in [0.4, 0.5) is 5.69 Å². The highest BCUT2D eigenvalue weighted by Crippen LogP contribution is 2.32. The Morgan fingerprint density at radius 3 is 2.91 bits per heavy atom. The van der Waals surface area contributed by atoms with Crippen LogP contribution in [0.3, 0.4) is 0 Å². The van der Waals surface area contributed by atoms with E-state index in [0.29, 0.717) is 31.5 Å². The van der Waals surface area contributed by atoms with Gasteiger partial charge in [0.05, 0.1) is 6.54 Å². The standard InChI is InChI=1S/C17H24N2O3/c1-2-14-5-3-4-8-19(14)12-17(20)18-13-6-7-15-16(11-13)22-10-9-21-15/h6-7,11,14H,2-5,8-10,12H2,1H3,(H,18,20)/t14-/m0/s1. The summed E-state index contributed by atoms with van der Waals surface area (Å²) < 4.78 is 11.0. The van der Waals surface area contributed by atoms with Gasteiger partial charge in [0.2, 0.25) is 5.91 Å². The molecular weight excluding hydrogens is 280 g/mol. The molecule has 2 heterocycles. The maximum atomic E-state index is 12.3. The molecule has 1 aromatic carbocycles. The number of piperidine rings is 1. The second kappa shape index (κ2) is 7.01. The summed E-state index contributed by atoms with van der Waals surface area (Å²) in [4.78, 5) is 14.6. The van der Waals surface area contributed by atoms with Gasteiger partial charge in [-0.3, -0.25) is 9.69 Å². The molecular formula is C17H24N2O3. The molecule has 1 aromatic rings. The molecule has 0 unspecified atom stereocenters. The zero-order chi connectivity index (χ0) is 15.4. The highest BCUT2D eigenvalue weighted by molar-refractivity contribution is 5.92. The van der Waals surface area contributed by atoms with Crippen LogP contribution >= 0.6 is 0 Å². The lowest BCUT2D eigenvalue weighted by atomic mass is 10.00. The fourth-order valence-electron chi connectivity index (χ4n) is 3.24. The summed E-state index contributed by atoms with van der Waals surface area (Å²) in [6.07, 6.45) is 4.78. The van der Waals surface area contributed by atoms with Crippen LogP contribution < -0.4 is 14.8 Å². The van der Waals surface area contributed by atoms with Crippen molar-refractivity contribution in [2.75, 3.05) is 31.6 Å². The zero-order valence-corrected chi connectivity index (χ0v) is 13.1. The Morgan fingerprint density at radius 2 is 2.09 bits per heavy atom. The Labute approximate surface area is 131 Å². The van der Waals surface area contributed by atoms with Gasteiger partial charge >= 0.3 is 0 Å². The minimum absolute atomic E-state index is 0.0389. The van der Waals surface area contributed by atoms with Crippen molar-refractivity contribution in [1.29, 1.82) is 0 Å². The van der Waals surface area contributed by atoms with Gasteiger partial charge in [-0.2, -0.15) is 0 Å². The Balaban J connectivity index is 1.59. The lowest BCUT2D eigenvalue weighted by molar-refractivity contribution is -0.118. The van der Waals surface area contributed by atoms with Crippen LogP contribution in [0.2, 0.25) is 0 Å². The van der Waals surface area contributed by atoms with Gasteiger partial charge in [0.15, 0.2) is 11.5 Å². The number of hydrogen-bond donors (Lipinski definition) is 1. The first-order valence-electron chi connectivity index (χ1n) is 8.20. The first-order chi connectivity index (χ1) is 10.8. The van der Waals surface area contributed by atoms with Crippen LogP contribution in [0.25, 0.3) is 0 Å². The lowest BCUT2D eigenvalue weighted by Gasteiger charge is -2.34. The summed E-state index contributed by atoms with van der Waals surface area (Å²) in [6, 6.07) is 6.08. The van der Waals surface area contributed by atoms with Gasteiger partial charge in [-0.05, 0) is 37.9 Å². The average molecular weight is 304 g/mol. The number of ether oxygens (including phenoxy) is 2. The summed E-state index contributed by atoms with van der Waals surface area (Å²) in [6.45, 7) is 4.81. The maximum absolute atomic E-state index is 12.3. The minimum Gasteiger partial charge on any atom is -0.486 e. The molecule has 1 fully saturated rings. The molecule has 0 saturated carbocycles. The first kappa shape index (κ1) is 15.2. The van der Waals surface area contributed by atoms with Gasteiger partial charge in [-0.15, -0.1) is 0 Å². The Kier molecular flexibility index (Phi) is 4.83. The summed E-state index contributed by atoms with van der Waals surface area (Å²) in [5.74, 6) is 1.48. The smallest absolute Gasteiger partial charge is 0.238 e. The fourth-order valence-corrected chi connectivity index (χ4v) is 3.24. The predicted octanol–water partition coefficient (Wildman–Crippen LogP) is 2.66. The van der Waals surface area contributed by atoms with E-state index in [2.05, 4.69) is 17.1 Å². The maximum Gasteiger partial charge on any atom is 0.238 e. The van der Waals surface area contributed by atoms with Crippen LogP contribution in [0.15, 0.2) is 18.2 Å². The van der Waals surface area contributed by atoms with Crippen molar-refractivity contribution < 1.29 is 14.3 Å². The number of likely N-dealkylation sites (tertiary alicyclic amines) is 1.